The van der Waals surface area contributed by atoms with Gasteiger partial charge in [-0.2, -0.15) is 4.31 Å². The smallest absolute Gasteiger partial charge is 0.243 e. The number of benzene rings is 1. The standard InChI is InChI=1S/C17H28N2O3S/c1-12(2)15(13(3)4)18-17(20)16(19(5)23(6,21)22)14-10-8-7-9-11-14/h7-13,15-16H,1-6H3,(H,18,20)/t16-/m1/s1. The second-order valence-corrected chi connectivity index (χ2v) is 8.66. The lowest BCUT2D eigenvalue weighted by atomic mass is 9.92. The highest BCUT2D eigenvalue weighted by atomic mass is 32.2. The molecule has 6 heteroatoms. The second-order valence-electron chi connectivity index (χ2n) is 6.61. The molecule has 0 saturated carbocycles. The lowest BCUT2D eigenvalue weighted by molar-refractivity contribution is -0.126. The van der Waals surface area contributed by atoms with Crippen LogP contribution in [-0.4, -0.2) is 38.0 Å². The minimum absolute atomic E-state index is 0.0123. The van der Waals surface area contributed by atoms with Crippen LogP contribution in [0.25, 0.3) is 0 Å². The van der Waals surface area contributed by atoms with Gasteiger partial charge in [0.1, 0.15) is 6.04 Å². The van der Waals surface area contributed by atoms with E-state index in [0.29, 0.717) is 5.56 Å². The van der Waals surface area contributed by atoms with Crippen molar-refractivity contribution in [3.8, 4) is 0 Å². The summed E-state index contributed by atoms with van der Waals surface area (Å²) in [5.74, 6) is 0.231. The molecule has 0 unspecified atom stereocenters. The summed E-state index contributed by atoms with van der Waals surface area (Å²) in [7, 11) is -2.06. The Bertz CT molecular complexity index is 604. The van der Waals surface area contributed by atoms with E-state index >= 15 is 0 Å². The maximum absolute atomic E-state index is 12.8. The zero-order valence-corrected chi connectivity index (χ0v) is 15.6. The van der Waals surface area contributed by atoms with Crippen LogP contribution in [0.3, 0.4) is 0 Å². The summed E-state index contributed by atoms with van der Waals surface area (Å²) in [5, 5.41) is 3.02. The van der Waals surface area contributed by atoms with Gasteiger partial charge >= 0.3 is 0 Å². The normalized spacial score (nSPS) is 13.8. The highest BCUT2D eigenvalue weighted by molar-refractivity contribution is 7.88. The predicted molar refractivity (Wildman–Crippen MR) is 93.4 cm³/mol. The first-order valence-corrected chi connectivity index (χ1v) is 9.68. The SMILES string of the molecule is CC(C)C(NC(=O)[C@@H](c1ccccc1)N(C)S(C)(=O)=O)C(C)C. The molecule has 1 atom stereocenters. The third-order valence-electron chi connectivity index (χ3n) is 4.00. The number of hydrogen-bond donors (Lipinski definition) is 1. The molecule has 1 amide bonds. The van der Waals surface area contributed by atoms with Crippen LogP contribution in [0.4, 0.5) is 0 Å². The summed E-state index contributed by atoms with van der Waals surface area (Å²) in [6, 6.07) is 8.09. The average Bonchev–Trinajstić information content (AvgIpc) is 2.44. The fourth-order valence-corrected chi connectivity index (χ4v) is 3.30. The van der Waals surface area contributed by atoms with Crippen molar-refractivity contribution in [2.45, 2.75) is 39.8 Å². The van der Waals surface area contributed by atoms with Gasteiger partial charge in [0.2, 0.25) is 15.9 Å². The molecule has 130 valence electrons. The lowest BCUT2D eigenvalue weighted by Gasteiger charge is -2.31. The number of likely N-dealkylation sites (N-methyl/N-ethyl adjacent to an activating group) is 1. The van der Waals surface area contributed by atoms with Crippen LogP contribution < -0.4 is 5.32 Å². The number of amides is 1. The zero-order valence-electron chi connectivity index (χ0n) is 14.8. The molecule has 0 saturated heterocycles. The molecule has 1 aromatic carbocycles. The molecule has 5 nitrogen and oxygen atoms in total. The number of carbonyl (C=O) groups excluding carboxylic acids is 1. The first-order valence-electron chi connectivity index (χ1n) is 7.84. The van der Waals surface area contributed by atoms with E-state index in [4.69, 9.17) is 0 Å². The van der Waals surface area contributed by atoms with Crippen molar-refractivity contribution in [3.63, 3.8) is 0 Å². The quantitative estimate of drug-likeness (QED) is 0.829. The van der Waals surface area contributed by atoms with Crippen LogP contribution >= 0.6 is 0 Å². The molecule has 0 bridgehead atoms. The van der Waals surface area contributed by atoms with E-state index in [1.807, 2.05) is 33.8 Å². The zero-order chi connectivity index (χ0) is 17.8. The van der Waals surface area contributed by atoms with Crippen molar-refractivity contribution in [2.24, 2.45) is 11.8 Å². The molecule has 1 N–H and O–H groups in total. The van der Waals surface area contributed by atoms with Gasteiger partial charge in [-0.15, -0.1) is 0 Å². The predicted octanol–water partition coefficient (Wildman–Crippen LogP) is 2.42. The highest BCUT2D eigenvalue weighted by Gasteiger charge is 2.32. The molecule has 23 heavy (non-hydrogen) atoms. The summed E-state index contributed by atoms with van der Waals surface area (Å²) in [6.07, 6.45) is 1.11. The van der Waals surface area contributed by atoms with Crippen LogP contribution in [0.15, 0.2) is 30.3 Å². The average molecular weight is 340 g/mol. The molecular formula is C17H28N2O3S. The lowest BCUT2D eigenvalue weighted by Crippen LogP contribution is -2.48. The Balaban J connectivity index is 3.17. The number of hydrogen-bond acceptors (Lipinski definition) is 3. The Labute approximate surface area is 140 Å². The summed E-state index contributed by atoms with van der Waals surface area (Å²) in [5.41, 5.74) is 0.657. The van der Waals surface area contributed by atoms with E-state index in [9.17, 15) is 13.2 Å². The molecular weight excluding hydrogens is 312 g/mol. The fourth-order valence-electron chi connectivity index (χ4n) is 2.70. The van der Waals surface area contributed by atoms with Crippen molar-refractivity contribution in [1.29, 1.82) is 0 Å². The first kappa shape index (κ1) is 19.6. The van der Waals surface area contributed by atoms with Gasteiger partial charge < -0.3 is 5.32 Å². The topological polar surface area (TPSA) is 66.5 Å². The Morgan fingerprint density at radius 1 is 1.04 bits per heavy atom. The third kappa shape index (κ3) is 5.32. The maximum atomic E-state index is 12.8. The second kappa shape index (κ2) is 7.93. The monoisotopic (exact) mass is 340 g/mol. The van der Waals surface area contributed by atoms with Gasteiger partial charge in [0.15, 0.2) is 0 Å². The third-order valence-corrected chi connectivity index (χ3v) is 5.25. The molecule has 0 heterocycles. The van der Waals surface area contributed by atoms with E-state index in [1.54, 1.807) is 24.3 Å². The van der Waals surface area contributed by atoms with Crippen molar-refractivity contribution >= 4 is 15.9 Å². The highest BCUT2D eigenvalue weighted by Crippen LogP contribution is 2.23. The van der Waals surface area contributed by atoms with Crippen LogP contribution in [0.5, 0.6) is 0 Å². The van der Waals surface area contributed by atoms with Gasteiger partial charge in [0, 0.05) is 13.1 Å². The van der Waals surface area contributed by atoms with E-state index in [1.165, 1.54) is 7.05 Å². The molecule has 0 radical (unpaired) electrons. The van der Waals surface area contributed by atoms with Crippen molar-refractivity contribution in [2.75, 3.05) is 13.3 Å². The number of carbonyl (C=O) groups is 1. The first-order chi connectivity index (χ1) is 10.6. The summed E-state index contributed by atoms with van der Waals surface area (Å²) < 4.78 is 25.0. The van der Waals surface area contributed by atoms with Gasteiger partial charge in [0.05, 0.1) is 6.26 Å². The number of rotatable bonds is 7. The Hall–Kier alpha value is -1.40. The van der Waals surface area contributed by atoms with Gasteiger partial charge in [-0.1, -0.05) is 58.0 Å². The molecule has 0 aliphatic carbocycles. The van der Waals surface area contributed by atoms with Gasteiger partial charge in [-0.3, -0.25) is 4.79 Å². The summed E-state index contributed by atoms with van der Waals surface area (Å²) >= 11 is 0. The molecule has 0 aliphatic rings. The van der Waals surface area contributed by atoms with Gasteiger partial charge in [-0.25, -0.2) is 8.42 Å². The largest absolute Gasteiger partial charge is 0.351 e. The van der Waals surface area contributed by atoms with Crippen LogP contribution in [-0.2, 0) is 14.8 Å². The summed E-state index contributed by atoms with van der Waals surface area (Å²) in [4.78, 5) is 12.8. The molecule has 0 fully saturated rings. The minimum Gasteiger partial charge on any atom is -0.351 e. The minimum atomic E-state index is -3.50. The van der Waals surface area contributed by atoms with Crippen LogP contribution in [0, 0.1) is 11.8 Å². The molecule has 0 spiro atoms. The van der Waals surface area contributed by atoms with Crippen LogP contribution in [0.2, 0.25) is 0 Å². The number of sulfonamides is 1. The van der Waals surface area contributed by atoms with Crippen LogP contribution in [0.1, 0.15) is 39.3 Å². The van der Waals surface area contributed by atoms with Gasteiger partial charge in [0.25, 0.3) is 0 Å². The number of nitrogens with zero attached hydrogens (tertiary/aromatic N) is 1. The number of nitrogens with one attached hydrogen (secondary N) is 1. The molecule has 0 aliphatic heterocycles. The molecule has 1 rings (SSSR count). The van der Waals surface area contributed by atoms with E-state index in [-0.39, 0.29) is 23.8 Å². The maximum Gasteiger partial charge on any atom is 0.243 e. The molecule has 1 aromatic rings. The Morgan fingerprint density at radius 3 is 1.91 bits per heavy atom. The van der Waals surface area contributed by atoms with Crippen molar-refractivity contribution in [3.05, 3.63) is 35.9 Å². The van der Waals surface area contributed by atoms with E-state index in [2.05, 4.69) is 5.32 Å². The van der Waals surface area contributed by atoms with E-state index in [0.717, 1.165) is 10.6 Å². The fraction of sp³-hybridized carbons (Fsp3) is 0.588. The Kier molecular flexibility index (Phi) is 6.77. The van der Waals surface area contributed by atoms with Crippen molar-refractivity contribution < 1.29 is 13.2 Å². The van der Waals surface area contributed by atoms with Gasteiger partial charge in [-0.05, 0) is 17.4 Å². The van der Waals surface area contributed by atoms with E-state index < -0.39 is 16.1 Å². The summed E-state index contributed by atoms with van der Waals surface area (Å²) in [6.45, 7) is 8.18. The van der Waals surface area contributed by atoms with Crippen molar-refractivity contribution in [1.82, 2.24) is 9.62 Å². The molecule has 0 aromatic heterocycles. The Morgan fingerprint density at radius 2 is 1.52 bits per heavy atom.